The van der Waals surface area contributed by atoms with E-state index in [0.29, 0.717) is 6.42 Å². The third kappa shape index (κ3) is 24.7. The van der Waals surface area contributed by atoms with Crippen LogP contribution in [0.4, 0.5) is 0 Å². The van der Waals surface area contributed by atoms with Crippen LogP contribution in [0.25, 0.3) is 0 Å². The van der Waals surface area contributed by atoms with E-state index in [1.165, 1.54) is 77.0 Å². The Labute approximate surface area is 209 Å². The molecule has 0 rings (SSSR count). The molecule has 0 aliphatic carbocycles. The van der Waals surface area contributed by atoms with Crippen molar-refractivity contribution in [2.45, 2.75) is 103 Å². The number of carbonyl (C=O) groups excluding carboxylic acids is 1. The molecule has 0 aromatic carbocycles. The maximum absolute atomic E-state index is 11.4. The zero-order valence-electron chi connectivity index (χ0n) is 17.5. The van der Waals surface area contributed by atoms with Gasteiger partial charge in [0.15, 0.2) is 0 Å². The molecular formula is C20H38KNO4S. The fraction of sp³-hybridized carbons (Fsp3) is 0.850. The molecule has 0 saturated heterocycles. The molecular weight excluding hydrogens is 389 g/mol. The van der Waals surface area contributed by atoms with Gasteiger partial charge in [0, 0.05) is 5.41 Å². The Morgan fingerprint density at radius 1 is 0.815 bits per heavy atom. The second-order valence-corrected chi connectivity index (χ2v) is 8.65. The first kappa shape index (κ1) is 30.0. The van der Waals surface area contributed by atoms with Crippen LogP contribution in [0.15, 0.2) is 11.5 Å². The summed E-state index contributed by atoms with van der Waals surface area (Å²) in [5.41, 5.74) is 0. The van der Waals surface area contributed by atoms with E-state index in [-0.39, 0.29) is 51.4 Å². The van der Waals surface area contributed by atoms with E-state index in [1.807, 2.05) is 4.72 Å². The number of carbonyl (C=O) groups is 1. The van der Waals surface area contributed by atoms with Crippen molar-refractivity contribution in [3.63, 3.8) is 0 Å². The summed E-state index contributed by atoms with van der Waals surface area (Å²) < 4.78 is 24.7. The zero-order chi connectivity index (χ0) is 19.5. The summed E-state index contributed by atoms with van der Waals surface area (Å²) in [5.74, 6) is -1.44. The quantitative estimate of drug-likeness (QED) is 0.247. The number of allylic oxidation sites excluding steroid dienone is 1. The molecule has 0 heterocycles. The van der Waals surface area contributed by atoms with Crippen LogP contribution in [-0.2, 0) is 14.8 Å². The van der Waals surface area contributed by atoms with Crippen molar-refractivity contribution in [2.24, 2.45) is 0 Å². The number of carboxylic acids is 1. The Balaban J connectivity index is 0. The molecule has 0 amide bonds. The minimum absolute atomic E-state index is 0. The molecule has 1 N–H and O–H groups in total. The predicted octanol–water partition coefficient (Wildman–Crippen LogP) is 1.04. The van der Waals surface area contributed by atoms with Crippen LogP contribution in [0.5, 0.6) is 0 Å². The van der Waals surface area contributed by atoms with Crippen molar-refractivity contribution in [2.75, 3.05) is 6.54 Å². The van der Waals surface area contributed by atoms with Crippen LogP contribution in [0.2, 0.25) is 0 Å². The van der Waals surface area contributed by atoms with E-state index in [1.54, 1.807) is 6.08 Å². The summed E-state index contributed by atoms with van der Waals surface area (Å²) in [5, 5.41) is 11.2. The summed E-state index contributed by atoms with van der Waals surface area (Å²) in [6, 6.07) is 0. The molecule has 5 nitrogen and oxygen atoms in total. The Morgan fingerprint density at radius 2 is 1.22 bits per heavy atom. The molecule has 0 unspecified atom stereocenters. The van der Waals surface area contributed by atoms with E-state index in [0.717, 1.165) is 18.2 Å². The van der Waals surface area contributed by atoms with E-state index in [2.05, 4.69) is 6.92 Å². The van der Waals surface area contributed by atoms with Gasteiger partial charge in [-0.15, -0.1) is 0 Å². The maximum Gasteiger partial charge on any atom is 1.00 e. The molecule has 154 valence electrons. The number of rotatable bonds is 19. The first-order valence-electron chi connectivity index (χ1n) is 10.3. The van der Waals surface area contributed by atoms with Crippen molar-refractivity contribution in [1.82, 2.24) is 4.72 Å². The Morgan fingerprint density at radius 3 is 1.63 bits per heavy atom. The first-order valence-corrected chi connectivity index (χ1v) is 11.9. The number of hydrogen-bond donors (Lipinski definition) is 1. The number of aliphatic carboxylic acids is 1. The maximum atomic E-state index is 11.4. The fourth-order valence-corrected chi connectivity index (χ4v) is 3.66. The third-order valence-electron chi connectivity index (χ3n) is 4.42. The minimum atomic E-state index is -3.65. The van der Waals surface area contributed by atoms with Crippen molar-refractivity contribution in [1.29, 1.82) is 0 Å². The number of nitrogens with one attached hydrogen (secondary N) is 1. The van der Waals surface area contributed by atoms with Crippen LogP contribution in [-0.4, -0.2) is 20.9 Å². The van der Waals surface area contributed by atoms with E-state index < -0.39 is 22.5 Å². The molecule has 7 heteroatoms. The van der Waals surface area contributed by atoms with Crippen LogP contribution in [0.3, 0.4) is 0 Å². The Hall–Kier alpha value is 0.756. The standard InChI is InChI=1S/C20H39NO4S.K/c1-2-3-4-5-6-7-8-9-10-11-12-13-14-15-16-17-18-26(24,25)21-19-20(22)23;/h17-18,21H,2-16,19H2,1H3,(H,22,23);/q;+1/p-1/b18-17+;. The normalized spacial score (nSPS) is 11.6. The molecule has 0 aromatic heterocycles. The van der Waals surface area contributed by atoms with E-state index >= 15 is 0 Å². The van der Waals surface area contributed by atoms with Gasteiger partial charge in [-0.2, -0.15) is 0 Å². The van der Waals surface area contributed by atoms with Crippen molar-refractivity contribution in [3.8, 4) is 0 Å². The molecule has 0 spiro atoms. The summed E-state index contributed by atoms with van der Waals surface area (Å²) in [6.07, 6.45) is 20.4. The predicted molar refractivity (Wildman–Crippen MR) is 106 cm³/mol. The first-order chi connectivity index (χ1) is 12.5. The molecule has 27 heavy (non-hydrogen) atoms. The Bertz CT molecular complexity index is 467. The molecule has 0 aliphatic heterocycles. The van der Waals surface area contributed by atoms with Gasteiger partial charge >= 0.3 is 51.4 Å². The second-order valence-electron chi connectivity index (χ2n) is 6.99. The fourth-order valence-electron chi connectivity index (χ4n) is 2.86. The number of hydrogen-bond acceptors (Lipinski definition) is 4. The van der Waals surface area contributed by atoms with Gasteiger partial charge in [0.05, 0.1) is 12.5 Å². The average Bonchev–Trinajstić information content (AvgIpc) is 2.60. The van der Waals surface area contributed by atoms with Crippen molar-refractivity contribution < 1.29 is 69.7 Å². The molecule has 0 aromatic rings. The molecule has 0 saturated carbocycles. The van der Waals surface area contributed by atoms with Crippen molar-refractivity contribution in [3.05, 3.63) is 11.5 Å². The molecule has 0 fully saturated rings. The summed E-state index contributed by atoms with van der Waals surface area (Å²) in [7, 11) is -3.65. The monoisotopic (exact) mass is 427 g/mol. The number of sulfonamides is 1. The van der Waals surface area contributed by atoms with Gasteiger partial charge < -0.3 is 9.90 Å². The number of carboxylic acid groups (broad SMARTS) is 1. The zero-order valence-corrected chi connectivity index (χ0v) is 21.4. The minimum Gasteiger partial charge on any atom is -0.549 e. The Kier molecular flexibility index (Phi) is 23.8. The van der Waals surface area contributed by atoms with Gasteiger partial charge in [-0.25, -0.2) is 13.1 Å². The summed E-state index contributed by atoms with van der Waals surface area (Å²) >= 11 is 0. The molecule has 0 radical (unpaired) electrons. The van der Waals surface area contributed by atoms with Gasteiger partial charge in [-0.3, -0.25) is 0 Å². The van der Waals surface area contributed by atoms with Crippen molar-refractivity contribution >= 4 is 16.0 Å². The van der Waals surface area contributed by atoms with Crippen LogP contribution in [0, 0.1) is 0 Å². The third-order valence-corrected chi connectivity index (χ3v) is 5.51. The second kappa shape index (κ2) is 21.5. The summed E-state index contributed by atoms with van der Waals surface area (Å²) in [4.78, 5) is 10.2. The number of unbranched alkanes of at least 4 members (excludes halogenated alkanes) is 14. The van der Waals surface area contributed by atoms with Gasteiger partial charge in [0.1, 0.15) is 0 Å². The topological polar surface area (TPSA) is 86.3 Å². The SMILES string of the molecule is CCCCCCCCCCCCCCCC/C=C/S(=O)(=O)NCC(=O)[O-].[K+]. The smallest absolute Gasteiger partial charge is 0.549 e. The van der Waals surface area contributed by atoms with E-state index in [4.69, 9.17) is 0 Å². The van der Waals surface area contributed by atoms with Crippen LogP contribution >= 0.6 is 0 Å². The summed E-state index contributed by atoms with van der Waals surface area (Å²) in [6.45, 7) is 1.56. The molecule has 0 atom stereocenters. The average molecular weight is 428 g/mol. The van der Waals surface area contributed by atoms with Crippen LogP contribution in [0.1, 0.15) is 103 Å². The van der Waals surface area contributed by atoms with Crippen LogP contribution < -0.4 is 61.2 Å². The molecule has 0 aliphatic rings. The van der Waals surface area contributed by atoms with Gasteiger partial charge in [0.25, 0.3) is 0 Å². The van der Waals surface area contributed by atoms with Gasteiger partial charge in [0.2, 0.25) is 10.0 Å². The van der Waals surface area contributed by atoms with Gasteiger partial charge in [-0.05, 0) is 12.8 Å². The molecule has 0 bridgehead atoms. The van der Waals surface area contributed by atoms with E-state index in [9.17, 15) is 18.3 Å². The van der Waals surface area contributed by atoms with Gasteiger partial charge in [-0.1, -0.05) is 96.5 Å². The largest absolute Gasteiger partial charge is 1.00 e.